The number of ketones is 1. The van der Waals surface area contributed by atoms with Crippen molar-refractivity contribution < 1.29 is 4.79 Å². The molecule has 0 saturated carbocycles. The zero-order chi connectivity index (χ0) is 11.0. The average molecular weight is 211 g/mol. The van der Waals surface area contributed by atoms with Crippen molar-refractivity contribution in [3.8, 4) is 0 Å². The summed E-state index contributed by atoms with van der Waals surface area (Å²) in [7, 11) is 0. The molecular formula is C12H9N3O. The number of aromatic nitrogens is 2. The van der Waals surface area contributed by atoms with Crippen molar-refractivity contribution in [1.82, 2.24) is 9.97 Å². The second-order valence-corrected chi connectivity index (χ2v) is 3.67. The molecule has 2 heterocycles. The van der Waals surface area contributed by atoms with Crippen molar-refractivity contribution in [2.75, 3.05) is 5.32 Å². The smallest absolute Gasteiger partial charge is 0.172 e. The average Bonchev–Trinajstić information content (AvgIpc) is 2.45. The maximum absolute atomic E-state index is 11.9. The van der Waals surface area contributed by atoms with Crippen LogP contribution in [0.2, 0.25) is 0 Å². The fraction of sp³-hybridized carbons (Fsp3) is 0.0833. The van der Waals surface area contributed by atoms with E-state index < -0.39 is 0 Å². The van der Waals surface area contributed by atoms with Crippen LogP contribution in [0.3, 0.4) is 0 Å². The molecule has 1 N–H and O–H groups in total. The fourth-order valence-corrected chi connectivity index (χ4v) is 1.83. The first-order valence-corrected chi connectivity index (χ1v) is 5.03. The summed E-state index contributed by atoms with van der Waals surface area (Å²) in [5, 5.41) is 3.16. The molecule has 4 heteroatoms. The molecule has 0 radical (unpaired) electrons. The lowest BCUT2D eigenvalue weighted by atomic mass is 10.1. The van der Waals surface area contributed by atoms with Gasteiger partial charge in [0.1, 0.15) is 12.1 Å². The predicted molar refractivity (Wildman–Crippen MR) is 59.8 cm³/mol. The van der Waals surface area contributed by atoms with Crippen LogP contribution in [0.4, 0.5) is 11.5 Å². The Kier molecular flexibility index (Phi) is 1.93. The van der Waals surface area contributed by atoms with Crippen molar-refractivity contribution in [2.24, 2.45) is 0 Å². The van der Waals surface area contributed by atoms with Gasteiger partial charge in [-0.2, -0.15) is 0 Å². The third kappa shape index (κ3) is 1.35. The highest BCUT2D eigenvalue weighted by atomic mass is 16.1. The predicted octanol–water partition coefficient (Wildman–Crippen LogP) is 1.96. The molecule has 2 aromatic rings. The second kappa shape index (κ2) is 3.41. The summed E-state index contributed by atoms with van der Waals surface area (Å²) in [6, 6.07) is 7.75. The van der Waals surface area contributed by atoms with Gasteiger partial charge in [0.05, 0.1) is 5.56 Å². The number of anilines is 2. The van der Waals surface area contributed by atoms with Crippen LogP contribution in [-0.2, 0) is 6.42 Å². The molecule has 0 saturated heterocycles. The largest absolute Gasteiger partial charge is 0.339 e. The summed E-state index contributed by atoms with van der Waals surface area (Å²) in [5.74, 6) is 0.637. The van der Waals surface area contributed by atoms with E-state index in [1.165, 1.54) is 6.33 Å². The number of carbonyl (C=O) groups is 1. The quantitative estimate of drug-likeness (QED) is 0.723. The highest BCUT2D eigenvalue weighted by Gasteiger charge is 2.19. The molecular weight excluding hydrogens is 202 g/mol. The van der Waals surface area contributed by atoms with Gasteiger partial charge in [0.15, 0.2) is 5.78 Å². The Morgan fingerprint density at radius 3 is 3.06 bits per heavy atom. The zero-order valence-electron chi connectivity index (χ0n) is 8.47. The molecule has 0 fully saturated rings. The maximum atomic E-state index is 11.9. The number of fused-ring (bicyclic) bond motifs is 2. The summed E-state index contributed by atoms with van der Waals surface area (Å²) in [5.41, 5.74) is 2.48. The summed E-state index contributed by atoms with van der Waals surface area (Å²) in [6.07, 6.45) is 3.39. The third-order valence-corrected chi connectivity index (χ3v) is 2.63. The Bertz CT molecular complexity index is 566. The Morgan fingerprint density at radius 1 is 1.25 bits per heavy atom. The van der Waals surface area contributed by atoms with E-state index in [0.29, 0.717) is 17.8 Å². The van der Waals surface area contributed by atoms with Gasteiger partial charge in [-0.1, -0.05) is 18.2 Å². The molecule has 0 amide bonds. The zero-order valence-corrected chi connectivity index (χ0v) is 8.47. The van der Waals surface area contributed by atoms with Crippen LogP contribution >= 0.6 is 0 Å². The summed E-state index contributed by atoms with van der Waals surface area (Å²) in [6.45, 7) is 0. The first kappa shape index (κ1) is 9.03. The van der Waals surface area contributed by atoms with Crippen LogP contribution < -0.4 is 5.32 Å². The highest BCUT2D eigenvalue weighted by Crippen LogP contribution is 2.27. The second-order valence-electron chi connectivity index (χ2n) is 3.67. The first-order valence-electron chi connectivity index (χ1n) is 5.03. The summed E-state index contributed by atoms with van der Waals surface area (Å²) >= 11 is 0. The van der Waals surface area contributed by atoms with Crippen LogP contribution in [-0.4, -0.2) is 15.8 Å². The molecule has 1 aliphatic heterocycles. The van der Waals surface area contributed by atoms with E-state index in [9.17, 15) is 4.79 Å². The molecule has 0 atom stereocenters. The standard InChI is InChI=1S/C12H9N3O/c16-11-5-8-3-1-2-4-10(8)15-12-9(11)6-13-7-14-12/h1-4,6-7H,5H2,(H,13,14,15). The van der Waals surface area contributed by atoms with Crippen LogP contribution in [0.15, 0.2) is 36.8 Å². The van der Waals surface area contributed by atoms with Gasteiger partial charge < -0.3 is 5.32 Å². The van der Waals surface area contributed by atoms with Gasteiger partial charge in [-0.25, -0.2) is 9.97 Å². The summed E-state index contributed by atoms with van der Waals surface area (Å²) in [4.78, 5) is 19.9. The normalized spacial score (nSPS) is 13.4. The van der Waals surface area contributed by atoms with Crippen molar-refractivity contribution in [3.05, 3.63) is 47.9 Å². The number of nitrogens with zero attached hydrogens (tertiary/aromatic N) is 2. The van der Waals surface area contributed by atoms with Crippen LogP contribution in [0, 0.1) is 0 Å². The molecule has 0 spiro atoms. The van der Waals surface area contributed by atoms with Crippen LogP contribution in [0.5, 0.6) is 0 Å². The van der Waals surface area contributed by atoms with Crippen molar-refractivity contribution in [3.63, 3.8) is 0 Å². The van der Waals surface area contributed by atoms with E-state index in [-0.39, 0.29) is 5.78 Å². The Labute approximate surface area is 92.4 Å². The molecule has 0 aliphatic carbocycles. The minimum Gasteiger partial charge on any atom is -0.339 e. The molecule has 0 bridgehead atoms. The monoisotopic (exact) mass is 211 g/mol. The topological polar surface area (TPSA) is 54.9 Å². The highest BCUT2D eigenvalue weighted by molar-refractivity contribution is 6.03. The number of para-hydroxylation sites is 1. The van der Waals surface area contributed by atoms with Gasteiger partial charge in [-0.3, -0.25) is 4.79 Å². The SMILES string of the molecule is O=C1Cc2ccccc2Nc2ncncc21. The van der Waals surface area contributed by atoms with Gasteiger partial charge in [0.2, 0.25) is 0 Å². The molecule has 4 nitrogen and oxygen atoms in total. The van der Waals surface area contributed by atoms with Gasteiger partial charge in [-0.05, 0) is 11.6 Å². The molecule has 78 valence electrons. The van der Waals surface area contributed by atoms with Gasteiger partial charge in [-0.15, -0.1) is 0 Å². The number of carbonyl (C=O) groups excluding carboxylic acids is 1. The van der Waals surface area contributed by atoms with Crippen LogP contribution in [0.25, 0.3) is 0 Å². The number of nitrogens with one attached hydrogen (secondary N) is 1. The number of hydrogen-bond donors (Lipinski definition) is 1. The lowest BCUT2D eigenvalue weighted by molar-refractivity contribution is 0.0994. The lowest BCUT2D eigenvalue weighted by Crippen LogP contribution is -2.03. The number of benzene rings is 1. The molecule has 1 aromatic heterocycles. The fourth-order valence-electron chi connectivity index (χ4n) is 1.83. The van der Waals surface area contributed by atoms with E-state index in [1.807, 2.05) is 24.3 Å². The van der Waals surface area contributed by atoms with E-state index in [4.69, 9.17) is 0 Å². The van der Waals surface area contributed by atoms with E-state index in [0.717, 1.165) is 11.3 Å². The number of Topliss-reactive ketones (excluding diaryl/α,β-unsaturated/α-hetero) is 1. The number of hydrogen-bond acceptors (Lipinski definition) is 4. The maximum Gasteiger partial charge on any atom is 0.172 e. The lowest BCUT2D eigenvalue weighted by Gasteiger charge is -2.06. The van der Waals surface area contributed by atoms with Gasteiger partial charge in [0.25, 0.3) is 0 Å². The molecule has 1 aliphatic rings. The molecule has 0 unspecified atom stereocenters. The summed E-state index contributed by atoms with van der Waals surface area (Å²) < 4.78 is 0. The number of rotatable bonds is 0. The van der Waals surface area contributed by atoms with Crippen molar-refractivity contribution >= 4 is 17.3 Å². The minimum absolute atomic E-state index is 0.0491. The minimum atomic E-state index is 0.0491. The van der Waals surface area contributed by atoms with E-state index in [2.05, 4.69) is 15.3 Å². The Hall–Kier alpha value is -2.23. The van der Waals surface area contributed by atoms with Gasteiger partial charge >= 0.3 is 0 Å². The van der Waals surface area contributed by atoms with Crippen molar-refractivity contribution in [2.45, 2.75) is 6.42 Å². The molecule has 3 rings (SSSR count). The Morgan fingerprint density at radius 2 is 2.12 bits per heavy atom. The third-order valence-electron chi connectivity index (χ3n) is 2.63. The van der Waals surface area contributed by atoms with E-state index in [1.54, 1.807) is 6.20 Å². The van der Waals surface area contributed by atoms with Crippen LogP contribution in [0.1, 0.15) is 15.9 Å². The van der Waals surface area contributed by atoms with Gasteiger partial charge in [0, 0.05) is 18.3 Å². The molecule has 16 heavy (non-hydrogen) atoms. The molecule has 1 aromatic carbocycles. The van der Waals surface area contributed by atoms with E-state index >= 15 is 0 Å². The first-order chi connectivity index (χ1) is 7.84. The Balaban J connectivity index is 2.18. The van der Waals surface area contributed by atoms with Crippen molar-refractivity contribution in [1.29, 1.82) is 0 Å².